The lowest BCUT2D eigenvalue weighted by Crippen LogP contribution is -2.52. The van der Waals surface area contributed by atoms with Crippen molar-refractivity contribution in [2.24, 2.45) is 17.6 Å². The molecule has 0 aliphatic rings. The lowest BCUT2D eigenvalue weighted by atomic mass is 10.1. The molecule has 0 bridgehead atoms. The molecule has 98 valence electrons. The van der Waals surface area contributed by atoms with Gasteiger partial charge in [0.05, 0.1) is 0 Å². The second-order valence-corrected chi connectivity index (χ2v) is 5.03. The maximum Gasteiger partial charge on any atom is 0.405 e. The first kappa shape index (κ1) is 15.7. The predicted molar refractivity (Wildman–Crippen MR) is 60.1 cm³/mol. The number of nitrogens with zero attached hydrogens (tertiary/aromatic N) is 1. The molecular weight excluding hydrogens is 217 g/mol. The van der Waals surface area contributed by atoms with Crippen molar-refractivity contribution in [3.63, 3.8) is 0 Å². The molecule has 0 spiro atoms. The smallest absolute Gasteiger partial charge is 0.329 e. The van der Waals surface area contributed by atoms with Crippen LogP contribution in [0.2, 0.25) is 0 Å². The van der Waals surface area contributed by atoms with Crippen LogP contribution in [0.4, 0.5) is 13.2 Å². The van der Waals surface area contributed by atoms with Gasteiger partial charge in [-0.2, -0.15) is 13.2 Å². The van der Waals surface area contributed by atoms with Gasteiger partial charge in [0.1, 0.15) is 6.04 Å². The van der Waals surface area contributed by atoms with Crippen LogP contribution in [0.1, 0.15) is 27.7 Å². The Balaban J connectivity index is 4.69. The van der Waals surface area contributed by atoms with Gasteiger partial charge in [-0.3, -0.25) is 4.90 Å². The molecule has 0 saturated heterocycles. The van der Waals surface area contributed by atoms with Gasteiger partial charge in [-0.25, -0.2) is 0 Å². The summed E-state index contributed by atoms with van der Waals surface area (Å²) in [5, 5.41) is 0. The van der Waals surface area contributed by atoms with E-state index in [0.717, 1.165) is 0 Å². The van der Waals surface area contributed by atoms with Gasteiger partial charge in [0.25, 0.3) is 0 Å². The van der Waals surface area contributed by atoms with Gasteiger partial charge >= 0.3 is 6.18 Å². The minimum Gasteiger partial charge on any atom is -0.329 e. The van der Waals surface area contributed by atoms with Gasteiger partial charge in [-0.15, -0.1) is 0 Å². The lowest BCUT2D eigenvalue weighted by Gasteiger charge is -2.34. The third-order valence-electron chi connectivity index (χ3n) is 2.24. The maximum atomic E-state index is 12.7. The van der Waals surface area contributed by atoms with Crippen LogP contribution in [0.5, 0.6) is 0 Å². The topological polar surface area (TPSA) is 29.3 Å². The minimum atomic E-state index is -4.24. The second-order valence-electron chi connectivity index (χ2n) is 5.03. The average molecular weight is 240 g/mol. The van der Waals surface area contributed by atoms with Gasteiger partial charge in [0, 0.05) is 19.6 Å². The summed E-state index contributed by atoms with van der Waals surface area (Å²) in [6, 6.07) is -1.52. The Labute approximate surface area is 96.0 Å². The lowest BCUT2D eigenvalue weighted by molar-refractivity contribution is -0.183. The highest BCUT2D eigenvalue weighted by Crippen LogP contribution is 2.25. The third kappa shape index (κ3) is 5.70. The molecule has 0 heterocycles. The van der Waals surface area contributed by atoms with Crippen molar-refractivity contribution in [2.75, 3.05) is 19.6 Å². The summed E-state index contributed by atoms with van der Waals surface area (Å²) in [4.78, 5) is 1.45. The average Bonchev–Trinajstić information content (AvgIpc) is 1.99. The first-order valence-electron chi connectivity index (χ1n) is 5.69. The summed E-state index contributed by atoms with van der Waals surface area (Å²) in [7, 11) is 0. The standard InChI is InChI=1S/C11H23F3N2/c1-8(2)6-16(7-9(3)4)10(5-15)11(12,13)14/h8-10H,5-7,15H2,1-4H3. The van der Waals surface area contributed by atoms with E-state index in [9.17, 15) is 13.2 Å². The highest BCUT2D eigenvalue weighted by atomic mass is 19.4. The van der Waals surface area contributed by atoms with Gasteiger partial charge in [0.2, 0.25) is 0 Å². The van der Waals surface area contributed by atoms with Crippen molar-refractivity contribution in [2.45, 2.75) is 39.9 Å². The zero-order chi connectivity index (χ0) is 12.9. The Morgan fingerprint density at radius 1 is 1.00 bits per heavy atom. The van der Waals surface area contributed by atoms with Crippen LogP contribution in [-0.4, -0.2) is 36.8 Å². The van der Waals surface area contributed by atoms with Crippen LogP contribution in [0.3, 0.4) is 0 Å². The van der Waals surface area contributed by atoms with Crippen LogP contribution < -0.4 is 5.73 Å². The van der Waals surface area contributed by atoms with E-state index in [2.05, 4.69) is 0 Å². The van der Waals surface area contributed by atoms with E-state index < -0.39 is 12.2 Å². The molecular formula is C11H23F3N2. The summed E-state index contributed by atoms with van der Waals surface area (Å²) >= 11 is 0. The van der Waals surface area contributed by atoms with Crippen LogP contribution in [0, 0.1) is 11.8 Å². The summed E-state index contributed by atoms with van der Waals surface area (Å²) in [5.41, 5.74) is 5.25. The first-order chi connectivity index (χ1) is 7.18. The van der Waals surface area contributed by atoms with Crippen LogP contribution in [-0.2, 0) is 0 Å². The van der Waals surface area contributed by atoms with E-state index in [-0.39, 0.29) is 18.4 Å². The molecule has 0 amide bonds. The van der Waals surface area contributed by atoms with E-state index >= 15 is 0 Å². The molecule has 0 aromatic rings. The Hall–Kier alpha value is -0.290. The quantitative estimate of drug-likeness (QED) is 0.773. The van der Waals surface area contributed by atoms with Gasteiger partial charge < -0.3 is 5.73 Å². The van der Waals surface area contributed by atoms with Crippen LogP contribution >= 0.6 is 0 Å². The molecule has 0 radical (unpaired) electrons. The van der Waals surface area contributed by atoms with E-state index in [1.165, 1.54) is 4.90 Å². The molecule has 5 heteroatoms. The Morgan fingerprint density at radius 3 is 1.56 bits per heavy atom. The molecule has 2 N–H and O–H groups in total. The molecule has 0 aliphatic carbocycles. The summed E-state index contributed by atoms with van der Waals surface area (Å²) in [5.74, 6) is 0.408. The van der Waals surface area contributed by atoms with Gasteiger partial charge in [-0.1, -0.05) is 27.7 Å². The number of hydrogen-bond donors (Lipinski definition) is 1. The van der Waals surface area contributed by atoms with E-state index in [0.29, 0.717) is 13.1 Å². The summed E-state index contributed by atoms with van der Waals surface area (Å²) < 4.78 is 38.2. The number of alkyl halides is 3. The van der Waals surface area contributed by atoms with Gasteiger partial charge in [0.15, 0.2) is 0 Å². The molecule has 0 aromatic carbocycles. The van der Waals surface area contributed by atoms with Crippen molar-refractivity contribution in [1.82, 2.24) is 4.90 Å². The zero-order valence-electron chi connectivity index (χ0n) is 10.5. The molecule has 1 unspecified atom stereocenters. The van der Waals surface area contributed by atoms with Crippen LogP contribution in [0.25, 0.3) is 0 Å². The van der Waals surface area contributed by atoms with Crippen molar-refractivity contribution >= 4 is 0 Å². The number of halogens is 3. The molecule has 0 saturated carbocycles. The van der Waals surface area contributed by atoms with E-state index in [1.807, 2.05) is 27.7 Å². The monoisotopic (exact) mass is 240 g/mol. The minimum absolute atomic E-state index is 0.204. The fourth-order valence-corrected chi connectivity index (χ4v) is 1.76. The SMILES string of the molecule is CC(C)CN(CC(C)C)C(CN)C(F)(F)F. The van der Waals surface area contributed by atoms with E-state index in [4.69, 9.17) is 5.73 Å². The molecule has 0 aromatic heterocycles. The zero-order valence-corrected chi connectivity index (χ0v) is 10.5. The predicted octanol–water partition coefficient (Wildman–Crippen LogP) is 2.49. The largest absolute Gasteiger partial charge is 0.405 e. The molecule has 0 rings (SSSR count). The first-order valence-corrected chi connectivity index (χ1v) is 5.69. The Bertz CT molecular complexity index is 180. The molecule has 0 fully saturated rings. The highest BCUT2D eigenvalue weighted by molar-refractivity contribution is 4.81. The van der Waals surface area contributed by atoms with Crippen molar-refractivity contribution < 1.29 is 13.2 Å². The molecule has 1 atom stereocenters. The van der Waals surface area contributed by atoms with Gasteiger partial charge in [-0.05, 0) is 11.8 Å². The molecule has 16 heavy (non-hydrogen) atoms. The number of rotatable bonds is 6. The highest BCUT2D eigenvalue weighted by Gasteiger charge is 2.42. The van der Waals surface area contributed by atoms with E-state index in [1.54, 1.807) is 0 Å². The Morgan fingerprint density at radius 2 is 1.38 bits per heavy atom. The number of hydrogen-bond acceptors (Lipinski definition) is 2. The maximum absolute atomic E-state index is 12.7. The van der Waals surface area contributed by atoms with Crippen molar-refractivity contribution in [1.29, 1.82) is 0 Å². The normalized spacial score (nSPS) is 15.2. The van der Waals surface area contributed by atoms with Crippen molar-refractivity contribution in [3.05, 3.63) is 0 Å². The van der Waals surface area contributed by atoms with Crippen molar-refractivity contribution in [3.8, 4) is 0 Å². The number of nitrogens with two attached hydrogens (primary N) is 1. The third-order valence-corrected chi connectivity index (χ3v) is 2.24. The van der Waals surface area contributed by atoms with Crippen LogP contribution in [0.15, 0.2) is 0 Å². The fourth-order valence-electron chi connectivity index (χ4n) is 1.76. The summed E-state index contributed by atoms with van der Waals surface area (Å²) in [6.07, 6.45) is -4.24. The second kappa shape index (κ2) is 6.45. The summed E-state index contributed by atoms with van der Waals surface area (Å²) in [6.45, 7) is 8.14. The fraction of sp³-hybridized carbons (Fsp3) is 1.00. The molecule has 2 nitrogen and oxygen atoms in total. The Kier molecular flexibility index (Phi) is 6.33. The molecule has 0 aliphatic heterocycles.